The van der Waals surface area contributed by atoms with Gasteiger partial charge in [0, 0.05) is 0 Å². The van der Waals surface area contributed by atoms with Gasteiger partial charge in [0.15, 0.2) is 0 Å². The summed E-state index contributed by atoms with van der Waals surface area (Å²) in [5.41, 5.74) is 0.856. The highest BCUT2D eigenvalue weighted by Gasteiger charge is 2.17. The molecular weight excluding hydrogens is 272 g/mol. The van der Waals surface area contributed by atoms with Crippen molar-refractivity contribution in [3.05, 3.63) is 29.8 Å². The Morgan fingerprint density at radius 2 is 1.94 bits per heavy atom. The Morgan fingerprint density at radius 1 is 1.38 bits per heavy atom. The second-order valence-electron chi connectivity index (χ2n) is 2.89. The summed E-state index contributed by atoms with van der Waals surface area (Å²) in [4.78, 5) is 11.0. The lowest BCUT2D eigenvalue weighted by Gasteiger charge is -2.09. The minimum Gasteiger partial charge on any atom is -0.497 e. The molecule has 0 aromatic heterocycles. The van der Waals surface area contributed by atoms with Crippen LogP contribution in [0.2, 0.25) is 0 Å². The molecule has 1 aromatic rings. The molecule has 0 saturated heterocycles. The minimum atomic E-state index is -0.414. The Bertz CT molecular complexity index is 322. The van der Waals surface area contributed by atoms with Crippen LogP contribution in [0.4, 0.5) is 0 Å². The number of alkyl halides is 1. The van der Waals surface area contributed by atoms with Gasteiger partial charge >= 0.3 is 5.97 Å². The van der Waals surface area contributed by atoms with E-state index in [1.54, 1.807) is 14.0 Å². The monoisotopic (exact) mass is 288 g/mol. The van der Waals surface area contributed by atoms with Gasteiger partial charge in [-0.15, -0.1) is 0 Å². The van der Waals surface area contributed by atoms with Gasteiger partial charge in [-0.05, 0) is 24.6 Å². The van der Waals surface area contributed by atoms with Gasteiger partial charge in [0.05, 0.1) is 13.7 Å². The summed E-state index contributed by atoms with van der Waals surface area (Å²) in [6.07, 6.45) is 0. The molecule has 0 aliphatic rings. The Morgan fingerprint density at radius 3 is 2.38 bits per heavy atom. The molecule has 0 spiro atoms. The van der Waals surface area contributed by atoms with E-state index in [0.717, 1.165) is 11.3 Å². The molecule has 1 atom stereocenters. The topological polar surface area (TPSA) is 35.5 Å². The molecule has 0 amide bonds. The maximum absolute atomic E-state index is 11.4. The molecule has 1 unspecified atom stereocenters. The first-order valence-electron chi connectivity index (χ1n) is 4.63. The molecule has 0 aliphatic carbocycles. The first-order chi connectivity index (χ1) is 7.19. The molecule has 0 aliphatic heterocycles. The van der Waals surface area contributed by atoms with Crippen molar-refractivity contribution in [1.29, 1.82) is 0 Å². The molecule has 0 saturated carbocycles. The SMILES string of the molecule is C.CCOC(=O)C(Br)c1ccc(OC)cc1. The van der Waals surface area contributed by atoms with E-state index in [9.17, 15) is 4.79 Å². The molecular formula is C12H17BrO3. The lowest BCUT2D eigenvalue weighted by atomic mass is 10.1. The summed E-state index contributed by atoms with van der Waals surface area (Å²) in [5.74, 6) is 0.491. The van der Waals surface area contributed by atoms with Gasteiger partial charge < -0.3 is 9.47 Å². The zero-order valence-corrected chi connectivity index (χ0v) is 10.3. The summed E-state index contributed by atoms with van der Waals surface area (Å²) in [6, 6.07) is 7.27. The van der Waals surface area contributed by atoms with Gasteiger partial charge in [0.2, 0.25) is 0 Å². The summed E-state index contributed by atoms with van der Waals surface area (Å²) >= 11 is 3.28. The smallest absolute Gasteiger partial charge is 0.324 e. The fourth-order valence-electron chi connectivity index (χ4n) is 1.12. The second-order valence-corrected chi connectivity index (χ2v) is 3.80. The van der Waals surface area contributed by atoms with Gasteiger partial charge in [-0.25, -0.2) is 0 Å². The highest BCUT2D eigenvalue weighted by Crippen LogP contribution is 2.25. The van der Waals surface area contributed by atoms with E-state index >= 15 is 0 Å². The Kier molecular flexibility index (Phi) is 6.81. The zero-order valence-electron chi connectivity index (χ0n) is 8.70. The van der Waals surface area contributed by atoms with Crippen LogP contribution in [0.1, 0.15) is 24.7 Å². The van der Waals surface area contributed by atoms with Crippen LogP contribution in [0.15, 0.2) is 24.3 Å². The Labute approximate surface area is 105 Å². The highest BCUT2D eigenvalue weighted by atomic mass is 79.9. The molecule has 0 fully saturated rings. The fraction of sp³-hybridized carbons (Fsp3) is 0.417. The van der Waals surface area contributed by atoms with E-state index in [0.29, 0.717) is 6.61 Å². The van der Waals surface area contributed by atoms with E-state index in [2.05, 4.69) is 15.9 Å². The van der Waals surface area contributed by atoms with Crippen LogP contribution in [0.5, 0.6) is 5.75 Å². The van der Waals surface area contributed by atoms with Crippen molar-refractivity contribution in [3.63, 3.8) is 0 Å². The second kappa shape index (κ2) is 7.28. The van der Waals surface area contributed by atoms with Crippen molar-refractivity contribution < 1.29 is 14.3 Å². The number of carbonyl (C=O) groups is 1. The quantitative estimate of drug-likeness (QED) is 0.630. The minimum absolute atomic E-state index is 0. The Hall–Kier alpha value is -1.03. The van der Waals surface area contributed by atoms with Crippen molar-refractivity contribution in [2.45, 2.75) is 19.2 Å². The average Bonchev–Trinajstić information content (AvgIpc) is 2.28. The van der Waals surface area contributed by atoms with Crippen molar-refractivity contribution in [2.24, 2.45) is 0 Å². The number of carbonyl (C=O) groups excluding carboxylic acids is 1. The summed E-state index contributed by atoms with van der Waals surface area (Å²) in [7, 11) is 1.60. The van der Waals surface area contributed by atoms with Crippen LogP contribution in [-0.4, -0.2) is 19.7 Å². The number of ether oxygens (including phenoxy) is 2. The predicted octanol–water partition coefficient (Wildman–Crippen LogP) is 3.33. The van der Waals surface area contributed by atoms with Crippen LogP contribution in [0.25, 0.3) is 0 Å². The van der Waals surface area contributed by atoms with Crippen LogP contribution in [0, 0.1) is 0 Å². The number of hydrogen-bond acceptors (Lipinski definition) is 3. The molecule has 4 heteroatoms. The van der Waals surface area contributed by atoms with Crippen LogP contribution >= 0.6 is 15.9 Å². The first kappa shape index (κ1) is 15.0. The summed E-state index contributed by atoms with van der Waals surface area (Å²) < 4.78 is 9.92. The molecule has 0 heterocycles. The Balaban J connectivity index is 0.00000225. The van der Waals surface area contributed by atoms with Crippen LogP contribution in [-0.2, 0) is 9.53 Å². The van der Waals surface area contributed by atoms with E-state index in [-0.39, 0.29) is 13.4 Å². The summed E-state index contributed by atoms with van der Waals surface area (Å²) in [6.45, 7) is 2.17. The number of esters is 1. The maximum Gasteiger partial charge on any atom is 0.324 e. The third-order valence-corrected chi connectivity index (χ3v) is 2.80. The van der Waals surface area contributed by atoms with Gasteiger partial charge in [-0.3, -0.25) is 4.79 Å². The number of benzene rings is 1. The molecule has 3 nitrogen and oxygen atoms in total. The number of halogens is 1. The lowest BCUT2D eigenvalue weighted by Crippen LogP contribution is -2.10. The molecule has 0 bridgehead atoms. The van der Waals surface area contributed by atoms with Crippen LogP contribution < -0.4 is 4.74 Å². The van der Waals surface area contributed by atoms with Crippen molar-refractivity contribution in [1.82, 2.24) is 0 Å². The van der Waals surface area contributed by atoms with Crippen molar-refractivity contribution in [3.8, 4) is 5.75 Å². The van der Waals surface area contributed by atoms with Gasteiger partial charge in [-0.2, -0.15) is 0 Å². The van der Waals surface area contributed by atoms with Crippen molar-refractivity contribution >= 4 is 21.9 Å². The molecule has 1 aromatic carbocycles. The first-order valence-corrected chi connectivity index (χ1v) is 5.55. The highest BCUT2D eigenvalue weighted by molar-refractivity contribution is 9.09. The summed E-state index contributed by atoms with van der Waals surface area (Å²) in [5, 5.41) is 0. The normalized spacial score (nSPS) is 11.2. The molecule has 1 rings (SSSR count). The molecule has 90 valence electrons. The largest absolute Gasteiger partial charge is 0.497 e. The lowest BCUT2D eigenvalue weighted by molar-refractivity contribution is -0.142. The van der Waals surface area contributed by atoms with Gasteiger partial charge in [0.1, 0.15) is 10.6 Å². The molecule has 0 N–H and O–H groups in total. The molecule has 16 heavy (non-hydrogen) atoms. The van der Waals surface area contributed by atoms with E-state index in [1.165, 1.54) is 0 Å². The third kappa shape index (κ3) is 3.85. The average molecular weight is 289 g/mol. The fourth-order valence-corrected chi connectivity index (χ4v) is 1.56. The predicted molar refractivity (Wildman–Crippen MR) is 68.0 cm³/mol. The maximum atomic E-state index is 11.4. The number of hydrogen-bond donors (Lipinski definition) is 0. The van der Waals surface area contributed by atoms with Gasteiger partial charge in [-0.1, -0.05) is 35.5 Å². The van der Waals surface area contributed by atoms with Crippen molar-refractivity contribution in [2.75, 3.05) is 13.7 Å². The van der Waals surface area contributed by atoms with Crippen LogP contribution in [0.3, 0.4) is 0 Å². The zero-order chi connectivity index (χ0) is 11.3. The third-order valence-electron chi connectivity index (χ3n) is 1.90. The molecule has 0 radical (unpaired) electrons. The van der Waals surface area contributed by atoms with Gasteiger partial charge in [0.25, 0.3) is 0 Å². The standard InChI is InChI=1S/C11H13BrO3.CH4/c1-3-15-11(13)10(12)8-4-6-9(14-2)7-5-8;/h4-7,10H,3H2,1-2H3;1H4. The number of methoxy groups -OCH3 is 1. The van der Waals surface area contributed by atoms with E-state index in [4.69, 9.17) is 9.47 Å². The van der Waals surface area contributed by atoms with E-state index < -0.39 is 4.83 Å². The van der Waals surface area contributed by atoms with E-state index in [1.807, 2.05) is 24.3 Å². The number of rotatable bonds is 4.